The van der Waals surface area contributed by atoms with E-state index in [1.165, 1.54) is 0 Å². The first-order chi connectivity index (χ1) is 12.2. The molecule has 1 unspecified atom stereocenters. The Kier molecular flexibility index (Phi) is 4.03. The lowest BCUT2D eigenvalue weighted by atomic mass is 9.96. The van der Waals surface area contributed by atoms with E-state index in [-0.39, 0.29) is 0 Å². The van der Waals surface area contributed by atoms with Gasteiger partial charge in [0.25, 0.3) is 0 Å². The number of anilines is 2. The predicted octanol–water partition coefficient (Wildman–Crippen LogP) is 3.46. The van der Waals surface area contributed by atoms with Crippen LogP contribution in [0.4, 0.5) is 11.4 Å². The van der Waals surface area contributed by atoms with Gasteiger partial charge in [-0.25, -0.2) is 9.97 Å². The molecular formula is C19H19N5O. The Balaban J connectivity index is 1.62. The van der Waals surface area contributed by atoms with Gasteiger partial charge in [-0.05, 0) is 36.4 Å². The molecule has 1 aromatic carbocycles. The van der Waals surface area contributed by atoms with E-state index in [1.54, 1.807) is 6.20 Å². The molecule has 1 atom stereocenters. The fraction of sp³-hybridized carbons (Fsp3) is 0.211. The van der Waals surface area contributed by atoms with E-state index in [0.717, 1.165) is 35.7 Å². The Morgan fingerprint density at radius 3 is 2.68 bits per heavy atom. The molecule has 6 nitrogen and oxygen atoms in total. The molecule has 1 aliphatic rings. The van der Waals surface area contributed by atoms with Crippen LogP contribution in [-0.4, -0.2) is 26.7 Å². The molecule has 6 heteroatoms. The van der Waals surface area contributed by atoms with Gasteiger partial charge in [-0.1, -0.05) is 13.0 Å². The Hall–Kier alpha value is -2.99. The standard InChI is InChI=1S/C19H19N5O/c1-13-11-24(16-7-5-15(23-25)6-8-16)12-14-10-21-19(22-18(13)14)17-4-2-3-9-20-17/h2-10,13,23,25H,11-12H2,1H3. The minimum Gasteiger partial charge on any atom is -0.366 e. The van der Waals surface area contributed by atoms with Crippen molar-refractivity contribution in [2.75, 3.05) is 16.9 Å². The third-order valence-corrected chi connectivity index (χ3v) is 4.48. The van der Waals surface area contributed by atoms with E-state index in [9.17, 15) is 0 Å². The summed E-state index contributed by atoms with van der Waals surface area (Å²) in [5.74, 6) is 0.975. The minimum atomic E-state index is 0.296. The summed E-state index contributed by atoms with van der Waals surface area (Å²) in [4.78, 5) is 15.9. The van der Waals surface area contributed by atoms with Gasteiger partial charge in [0.05, 0.1) is 11.4 Å². The lowest BCUT2D eigenvalue weighted by Gasteiger charge is -2.34. The third-order valence-electron chi connectivity index (χ3n) is 4.48. The quantitative estimate of drug-likeness (QED) is 0.715. The van der Waals surface area contributed by atoms with Gasteiger partial charge in [0, 0.05) is 42.7 Å². The van der Waals surface area contributed by atoms with E-state index in [2.05, 4.69) is 27.3 Å². The maximum atomic E-state index is 8.95. The molecule has 0 saturated carbocycles. The zero-order chi connectivity index (χ0) is 17.2. The Bertz CT molecular complexity index is 867. The second-order valence-electron chi connectivity index (χ2n) is 6.26. The van der Waals surface area contributed by atoms with Gasteiger partial charge in [0.2, 0.25) is 0 Å². The molecular weight excluding hydrogens is 314 g/mol. The number of benzene rings is 1. The number of hydrogen-bond donors (Lipinski definition) is 2. The fourth-order valence-corrected chi connectivity index (χ4v) is 3.22. The molecule has 1 aliphatic heterocycles. The van der Waals surface area contributed by atoms with Crippen molar-refractivity contribution >= 4 is 11.4 Å². The lowest BCUT2D eigenvalue weighted by Crippen LogP contribution is -2.33. The SMILES string of the molecule is CC1CN(c2ccc(NO)cc2)Cc2cnc(-c3ccccn3)nc21. The van der Waals surface area contributed by atoms with Crippen molar-refractivity contribution < 1.29 is 5.21 Å². The van der Waals surface area contributed by atoms with E-state index in [1.807, 2.05) is 48.7 Å². The van der Waals surface area contributed by atoms with Gasteiger partial charge in [0.1, 0.15) is 5.69 Å². The van der Waals surface area contributed by atoms with Crippen molar-refractivity contribution in [1.29, 1.82) is 0 Å². The van der Waals surface area contributed by atoms with Crippen LogP contribution in [-0.2, 0) is 6.54 Å². The van der Waals surface area contributed by atoms with Crippen molar-refractivity contribution in [1.82, 2.24) is 15.0 Å². The molecule has 0 bridgehead atoms. The molecule has 3 aromatic rings. The second-order valence-corrected chi connectivity index (χ2v) is 6.26. The van der Waals surface area contributed by atoms with Crippen LogP contribution in [0.1, 0.15) is 24.1 Å². The normalized spacial score (nSPS) is 16.4. The number of nitrogens with one attached hydrogen (secondary N) is 1. The molecule has 2 N–H and O–H groups in total. The highest BCUT2D eigenvalue weighted by molar-refractivity contribution is 5.56. The first-order valence-electron chi connectivity index (χ1n) is 8.27. The van der Waals surface area contributed by atoms with E-state index < -0.39 is 0 Å². The topological polar surface area (TPSA) is 74.2 Å². The van der Waals surface area contributed by atoms with Gasteiger partial charge in [-0.3, -0.25) is 15.7 Å². The maximum Gasteiger partial charge on any atom is 0.178 e. The van der Waals surface area contributed by atoms with Gasteiger partial charge in [0.15, 0.2) is 5.82 Å². The highest BCUT2D eigenvalue weighted by Gasteiger charge is 2.25. The van der Waals surface area contributed by atoms with Crippen LogP contribution in [0.3, 0.4) is 0 Å². The largest absolute Gasteiger partial charge is 0.366 e. The summed E-state index contributed by atoms with van der Waals surface area (Å²) in [7, 11) is 0. The van der Waals surface area contributed by atoms with Crippen molar-refractivity contribution in [2.24, 2.45) is 0 Å². The van der Waals surface area contributed by atoms with Crippen molar-refractivity contribution in [3.63, 3.8) is 0 Å². The zero-order valence-electron chi connectivity index (χ0n) is 13.9. The smallest absolute Gasteiger partial charge is 0.178 e. The Morgan fingerprint density at radius 1 is 1.12 bits per heavy atom. The fourth-order valence-electron chi connectivity index (χ4n) is 3.22. The van der Waals surface area contributed by atoms with Crippen LogP contribution in [0.15, 0.2) is 54.9 Å². The number of pyridine rings is 1. The van der Waals surface area contributed by atoms with E-state index in [0.29, 0.717) is 17.4 Å². The van der Waals surface area contributed by atoms with Crippen LogP contribution in [0, 0.1) is 0 Å². The Morgan fingerprint density at radius 2 is 1.96 bits per heavy atom. The van der Waals surface area contributed by atoms with Crippen LogP contribution in [0.25, 0.3) is 11.5 Å². The molecule has 0 saturated heterocycles. The molecule has 2 aromatic heterocycles. The molecule has 4 rings (SSSR count). The monoisotopic (exact) mass is 333 g/mol. The second kappa shape index (κ2) is 6.49. The van der Waals surface area contributed by atoms with Gasteiger partial charge in [-0.15, -0.1) is 0 Å². The number of nitrogens with zero attached hydrogens (tertiary/aromatic N) is 4. The van der Waals surface area contributed by atoms with Crippen molar-refractivity contribution in [2.45, 2.75) is 19.4 Å². The maximum absolute atomic E-state index is 8.95. The van der Waals surface area contributed by atoms with Crippen LogP contribution < -0.4 is 10.4 Å². The van der Waals surface area contributed by atoms with Gasteiger partial charge < -0.3 is 4.90 Å². The molecule has 3 heterocycles. The summed E-state index contributed by atoms with van der Waals surface area (Å²) in [5.41, 5.74) is 6.99. The van der Waals surface area contributed by atoms with E-state index >= 15 is 0 Å². The summed E-state index contributed by atoms with van der Waals surface area (Å²) in [6.07, 6.45) is 3.67. The molecule has 0 amide bonds. The average Bonchev–Trinajstić information content (AvgIpc) is 2.68. The number of hydrogen-bond acceptors (Lipinski definition) is 6. The van der Waals surface area contributed by atoms with E-state index in [4.69, 9.17) is 10.2 Å². The molecule has 126 valence electrons. The molecule has 0 radical (unpaired) electrons. The summed E-state index contributed by atoms with van der Waals surface area (Å²) in [5, 5.41) is 8.95. The number of aromatic nitrogens is 3. The predicted molar refractivity (Wildman–Crippen MR) is 96.6 cm³/mol. The van der Waals surface area contributed by atoms with Gasteiger partial charge >= 0.3 is 0 Å². The molecule has 0 fully saturated rings. The first kappa shape index (κ1) is 15.5. The summed E-state index contributed by atoms with van der Waals surface area (Å²) >= 11 is 0. The highest BCUT2D eigenvalue weighted by atomic mass is 16.5. The summed E-state index contributed by atoms with van der Waals surface area (Å²) in [6.45, 7) is 3.84. The minimum absolute atomic E-state index is 0.296. The molecule has 25 heavy (non-hydrogen) atoms. The van der Waals surface area contributed by atoms with Crippen LogP contribution in [0.2, 0.25) is 0 Å². The summed E-state index contributed by atoms with van der Waals surface area (Å²) < 4.78 is 0. The Labute approximate surface area is 146 Å². The summed E-state index contributed by atoms with van der Waals surface area (Å²) in [6, 6.07) is 13.5. The van der Waals surface area contributed by atoms with Crippen LogP contribution >= 0.6 is 0 Å². The number of rotatable bonds is 3. The third kappa shape index (κ3) is 3.04. The zero-order valence-corrected chi connectivity index (χ0v) is 13.9. The average molecular weight is 333 g/mol. The number of fused-ring (bicyclic) bond motifs is 1. The lowest BCUT2D eigenvalue weighted by molar-refractivity contribution is 0.389. The van der Waals surface area contributed by atoms with Crippen LogP contribution in [0.5, 0.6) is 0 Å². The van der Waals surface area contributed by atoms with Crippen molar-refractivity contribution in [3.05, 3.63) is 66.1 Å². The molecule has 0 spiro atoms. The first-order valence-corrected chi connectivity index (χ1v) is 8.27. The van der Waals surface area contributed by atoms with Gasteiger partial charge in [-0.2, -0.15) is 0 Å². The molecule has 0 aliphatic carbocycles. The highest BCUT2D eigenvalue weighted by Crippen LogP contribution is 2.31. The van der Waals surface area contributed by atoms with Crippen molar-refractivity contribution in [3.8, 4) is 11.5 Å².